The molecule has 0 unspecified atom stereocenters. The number of carbonyl (C=O) groups is 3. The topological polar surface area (TPSA) is 78.5 Å². The van der Waals surface area contributed by atoms with E-state index in [-0.39, 0.29) is 37.3 Å². The zero-order chi connectivity index (χ0) is 16.1. The van der Waals surface area contributed by atoms with E-state index in [1.165, 1.54) is 18.2 Å². The fourth-order valence-corrected chi connectivity index (χ4v) is 2.02. The molecule has 1 saturated heterocycles. The summed E-state index contributed by atoms with van der Waals surface area (Å²) >= 11 is 0. The van der Waals surface area contributed by atoms with Crippen LogP contribution >= 0.6 is 0 Å². The van der Waals surface area contributed by atoms with Gasteiger partial charge in [-0.1, -0.05) is 12.1 Å². The van der Waals surface area contributed by atoms with E-state index in [2.05, 4.69) is 10.6 Å². The van der Waals surface area contributed by atoms with Crippen molar-refractivity contribution in [3.05, 3.63) is 41.7 Å². The van der Waals surface area contributed by atoms with E-state index in [0.29, 0.717) is 5.57 Å². The monoisotopic (exact) mass is 305 g/mol. The van der Waals surface area contributed by atoms with Gasteiger partial charge in [0.1, 0.15) is 5.82 Å². The minimum Gasteiger partial charge on any atom is -0.351 e. The van der Waals surface area contributed by atoms with Crippen molar-refractivity contribution in [2.45, 2.75) is 6.92 Å². The summed E-state index contributed by atoms with van der Waals surface area (Å²) in [6.07, 6.45) is 1.39. The van der Waals surface area contributed by atoms with E-state index >= 15 is 0 Å². The van der Waals surface area contributed by atoms with Gasteiger partial charge in [0.05, 0.1) is 6.54 Å². The number of halogens is 1. The van der Waals surface area contributed by atoms with Crippen molar-refractivity contribution in [1.82, 2.24) is 15.5 Å². The highest BCUT2D eigenvalue weighted by Gasteiger charge is 2.27. The van der Waals surface area contributed by atoms with Gasteiger partial charge in [0, 0.05) is 19.2 Å². The fraction of sp³-hybridized carbons (Fsp3) is 0.267. The molecule has 1 aliphatic rings. The molecule has 7 heteroatoms. The highest BCUT2D eigenvalue weighted by Crippen LogP contribution is 2.13. The van der Waals surface area contributed by atoms with Crippen LogP contribution in [-0.4, -0.2) is 42.4 Å². The van der Waals surface area contributed by atoms with Crippen molar-refractivity contribution in [3.8, 4) is 0 Å². The van der Waals surface area contributed by atoms with Gasteiger partial charge in [0.15, 0.2) is 0 Å². The Morgan fingerprint density at radius 3 is 2.64 bits per heavy atom. The van der Waals surface area contributed by atoms with Crippen molar-refractivity contribution in [2.24, 2.45) is 0 Å². The standard InChI is InChI=1S/C15H16FN3O3/c1-10(11-2-4-12(16)5-3-11)8-13(20)17-6-7-19-14(21)9-18-15(19)22/h2-5,8H,6-7,9H2,1H3,(H,17,20)(H,18,22). The lowest BCUT2D eigenvalue weighted by Crippen LogP contribution is -2.38. The van der Waals surface area contributed by atoms with Crippen LogP contribution in [0.4, 0.5) is 9.18 Å². The second kappa shape index (κ2) is 6.84. The van der Waals surface area contributed by atoms with Gasteiger partial charge in [0.25, 0.3) is 0 Å². The number of benzene rings is 1. The summed E-state index contributed by atoms with van der Waals surface area (Å²) in [5.41, 5.74) is 1.43. The van der Waals surface area contributed by atoms with Crippen LogP contribution in [0.15, 0.2) is 30.3 Å². The van der Waals surface area contributed by atoms with Gasteiger partial charge in [-0.15, -0.1) is 0 Å². The van der Waals surface area contributed by atoms with Crippen LogP contribution in [0, 0.1) is 5.82 Å². The molecule has 1 heterocycles. The van der Waals surface area contributed by atoms with E-state index in [1.54, 1.807) is 19.1 Å². The minimum atomic E-state index is -0.447. The summed E-state index contributed by atoms with van der Waals surface area (Å²) in [6, 6.07) is 5.37. The average molecular weight is 305 g/mol. The van der Waals surface area contributed by atoms with Crippen LogP contribution in [0.25, 0.3) is 5.57 Å². The third-order valence-electron chi connectivity index (χ3n) is 3.22. The molecule has 2 rings (SSSR count). The Kier molecular flexibility index (Phi) is 4.88. The van der Waals surface area contributed by atoms with E-state index < -0.39 is 6.03 Å². The molecule has 0 aliphatic carbocycles. The molecular weight excluding hydrogens is 289 g/mol. The Hall–Kier alpha value is -2.70. The molecule has 0 radical (unpaired) electrons. The highest BCUT2D eigenvalue weighted by molar-refractivity contribution is 6.02. The van der Waals surface area contributed by atoms with Crippen LogP contribution in [-0.2, 0) is 9.59 Å². The van der Waals surface area contributed by atoms with Crippen molar-refractivity contribution in [2.75, 3.05) is 19.6 Å². The average Bonchev–Trinajstić information content (AvgIpc) is 2.79. The minimum absolute atomic E-state index is 0.00361. The van der Waals surface area contributed by atoms with Crippen molar-refractivity contribution in [1.29, 1.82) is 0 Å². The number of amides is 4. The maximum atomic E-state index is 12.8. The molecule has 4 amide bonds. The van der Waals surface area contributed by atoms with E-state index in [4.69, 9.17) is 0 Å². The maximum absolute atomic E-state index is 12.8. The quantitative estimate of drug-likeness (QED) is 0.626. The van der Waals surface area contributed by atoms with Crippen LogP contribution in [0.2, 0.25) is 0 Å². The molecule has 1 aromatic carbocycles. The number of nitrogens with zero attached hydrogens (tertiary/aromatic N) is 1. The lowest BCUT2D eigenvalue weighted by Gasteiger charge is -2.12. The molecule has 22 heavy (non-hydrogen) atoms. The largest absolute Gasteiger partial charge is 0.351 e. The number of urea groups is 1. The van der Waals surface area contributed by atoms with E-state index in [9.17, 15) is 18.8 Å². The lowest BCUT2D eigenvalue weighted by molar-refractivity contribution is -0.125. The first-order valence-electron chi connectivity index (χ1n) is 6.77. The molecular formula is C15H16FN3O3. The van der Waals surface area contributed by atoms with E-state index in [0.717, 1.165) is 10.5 Å². The Balaban J connectivity index is 1.84. The highest BCUT2D eigenvalue weighted by atomic mass is 19.1. The smallest absolute Gasteiger partial charge is 0.324 e. The summed E-state index contributed by atoms with van der Waals surface area (Å²) in [6.45, 7) is 2.03. The second-order valence-corrected chi connectivity index (χ2v) is 4.83. The molecule has 0 spiro atoms. The van der Waals surface area contributed by atoms with Gasteiger partial charge < -0.3 is 10.6 Å². The van der Waals surface area contributed by atoms with Crippen LogP contribution in [0.5, 0.6) is 0 Å². The maximum Gasteiger partial charge on any atom is 0.324 e. The molecule has 0 bridgehead atoms. The first kappa shape index (κ1) is 15.7. The van der Waals surface area contributed by atoms with Gasteiger partial charge in [0.2, 0.25) is 11.8 Å². The fourth-order valence-electron chi connectivity index (χ4n) is 2.02. The van der Waals surface area contributed by atoms with Crippen LogP contribution < -0.4 is 10.6 Å². The molecule has 2 N–H and O–H groups in total. The summed E-state index contributed by atoms with van der Waals surface area (Å²) in [5, 5.41) is 5.00. The van der Waals surface area contributed by atoms with Crippen molar-refractivity contribution < 1.29 is 18.8 Å². The second-order valence-electron chi connectivity index (χ2n) is 4.83. The number of hydrogen-bond donors (Lipinski definition) is 2. The number of hydrogen-bond acceptors (Lipinski definition) is 3. The number of imide groups is 1. The molecule has 1 aliphatic heterocycles. The molecule has 1 fully saturated rings. The predicted octanol–water partition coefficient (Wildman–Crippen LogP) is 0.897. The van der Waals surface area contributed by atoms with E-state index in [1.807, 2.05) is 0 Å². The normalized spacial score (nSPS) is 15.0. The third-order valence-corrected chi connectivity index (χ3v) is 3.22. The zero-order valence-corrected chi connectivity index (χ0v) is 12.1. The predicted molar refractivity (Wildman–Crippen MR) is 78.2 cm³/mol. The molecule has 6 nitrogen and oxygen atoms in total. The van der Waals surface area contributed by atoms with Crippen LogP contribution in [0.1, 0.15) is 12.5 Å². The number of carbonyl (C=O) groups excluding carboxylic acids is 3. The number of rotatable bonds is 5. The summed E-state index contributed by atoms with van der Waals surface area (Å²) < 4.78 is 12.8. The first-order valence-corrected chi connectivity index (χ1v) is 6.77. The van der Waals surface area contributed by atoms with Gasteiger partial charge in [-0.3, -0.25) is 14.5 Å². The Labute approximate surface area is 127 Å². The van der Waals surface area contributed by atoms with Crippen molar-refractivity contribution >= 4 is 23.4 Å². The molecule has 116 valence electrons. The third kappa shape index (κ3) is 3.91. The summed E-state index contributed by atoms with van der Waals surface area (Å²) in [7, 11) is 0. The van der Waals surface area contributed by atoms with Gasteiger partial charge in [-0.05, 0) is 30.2 Å². The Morgan fingerprint density at radius 2 is 2.05 bits per heavy atom. The van der Waals surface area contributed by atoms with Gasteiger partial charge in [-0.2, -0.15) is 0 Å². The van der Waals surface area contributed by atoms with Crippen molar-refractivity contribution in [3.63, 3.8) is 0 Å². The van der Waals surface area contributed by atoms with Crippen LogP contribution in [0.3, 0.4) is 0 Å². The lowest BCUT2D eigenvalue weighted by atomic mass is 10.1. The molecule has 0 saturated carbocycles. The Bertz CT molecular complexity index is 609. The van der Waals surface area contributed by atoms with Gasteiger partial charge in [-0.25, -0.2) is 9.18 Å². The number of allylic oxidation sites excluding steroid dienone is 1. The Morgan fingerprint density at radius 1 is 1.36 bits per heavy atom. The molecule has 0 aromatic heterocycles. The summed E-state index contributed by atoms with van der Waals surface area (Å²) in [5.74, 6) is -0.985. The molecule has 1 aromatic rings. The number of nitrogens with one attached hydrogen (secondary N) is 2. The molecule has 0 atom stereocenters. The zero-order valence-electron chi connectivity index (χ0n) is 12.1. The SMILES string of the molecule is CC(=CC(=O)NCCN1C(=O)CNC1=O)c1ccc(F)cc1. The van der Waals surface area contributed by atoms with Gasteiger partial charge >= 0.3 is 6.03 Å². The summed E-state index contributed by atoms with van der Waals surface area (Å²) in [4.78, 5) is 35.4. The first-order chi connectivity index (χ1) is 10.5.